The van der Waals surface area contributed by atoms with Crippen molar-refractivity contribution in [3.8, 4) is 5.75 Å². The Kier molecular flexibility index (Phi) is 6.92. The Labute approximate surface area is 166 Å². The van der Waals surface area contributed by atoms with E-state index in [1.807, 2.05) is 55.9 Å². The van der Waals surface area contributed by atoms with Crippen LogP contribution in [0, 0.1) is 0 Å². The quantitative estimate of drug-likeness (QED) is 0.786. The molecule has 0 radical (unpaired) electrons. The third-order valence-electron chi connectivity index (χ3n) is 4.93. The number of carbonyl (C=O) groups excluding carboxylic acids is 1. The minimum atomic E-state index is -0.151. The summed E-state index contributed by atoms with van der Waals surface area (Å²) < 4.78 is 13.4. The Bertz CT molecular complexity index is 751. The van der Waals surface area contributed by atoms with Crippen LogP contribution in [-0.2, 0) is 18.3 Å². The summed E-state index contributed by atoms with van der Waals surface area (Å²) in [6.45, 7) is 5.83. The lowest BCUT2D eigenvalue weighted by Gasteiger charge is -2.26. The Hall–Kier alpha value is -2.54. The van der Waals surface area contributed by atoms with Gasteiger partial charge in [-0.1, -0.05) is 0 Å². The molecule has 2 amide bonds. The van der Waals surface area contributed by atoms with E-state index in [9.17, 15) is 4.79 Å². The number of urea groups is 1. The molecule has 7 nitrogen and oxygen atoms in total. The number of nitrogens with one attached hydrogen (secondary N) is 1. The average Bonchev–Trinajstić information content (AvgIpc) is 3.10. The third kappa shape index (κ3) is 5.48. The minimum Gasteiger partial charge on any atom is -0.491 e. The van der Waals surface area contributed by atoms with Crippen molar-refractivity contribution in [2.24, 2.45) is 7.05 Å². The van der Waals surface area contributed by atoms with Crippen molar-refractivity contribution in [1.29, 1.82) is 0 Å². The van der Waals surface area contributed by atoms with Crippen molar-refractivity contribution < 1.29 is 14.3 Å². The maximum absolute atomic E-state index is 12.7. The highest BCUT2D eigenvalue weighted by atomic mass is 16.5. The monoisotopic (exact) mass is 386 g/mol. The highest BCUT2D eigenvalue weighted by Crippen LogP contribution is 2.19. The first kappa shape index (κ1) is 20.2. The molecule has 7 heteroatoms. The lowest BCUT2D eigenvalue weighted by molar-refractivity contribution is -0.0110. The van der Waals surface area contributed by atoms with Gasteiger partial charge in [0.15, 0.2) is 0 Å². The molecule has 1 N–H and O–H groups in total. The number of anilines is 1. The van der Waals surface area contributed by atoms with Crippen LogP contribution in [0.1, 0.15) is 38.9 Å². The largest absolute Gasteiger partial charge is 0.491 e. The molecule has 1 aromatic heterocycles. The molecule has 1 aromatic carbocycles. The third-order valence-corrected chi connectivity index (χ3v) is 4.93. The summed E-state index contributed by atoms with van der Waals surface area (Å²) in [5.74, 6) is 1.62. The van der Waals surface area contributed by atoms with E-state index in [1.54, 1.807) is 11.1 Å². The normalized spacial score (nSPS) is 16.8. The Morgan fingerprint density at radius 3 is 2.75 bits per heavy atom. The summed E-state index contributed by atoms with van der Waals surface area (Å²) >= 11 is 0. The molecule has 0 unspecified atom stereocenters. The number of hydrogen-bond donors (Lipinski definition) is 1. The molecule has 1 atom stereocenters. The molecular weight excluding hydrogens is 356 g/mol. The topological polar surface area (TPSA) is 68.6 Å². The predicted octanol–water partition coefficient (Wildman–Crippen LogP) is 3.81. The summed E-state index contributed by atoms with van der Waals surface area (Å²) in [4.78, 5) is 18.8. The van der Waals surface area contributed by atoms with Crippen LogP contribution >= 0.6 is 0 Å². The van der Waals surface area contributed by atoms with E-state index < -0.39 is 0 Å². The van der Waals surface area contributed by atoms with Gasteiger partial charge in [0.2, 0.25) is 0 Å². The number of nitrogens with zero attached hydrogens (tertiary/aromatic N) is 3. The number of rotatable bonds is 7. The van der Waals surface area contributed by atoms with Gasteiger partial charge in [0, 0.05) is 37.8 Å². The van der Waals surface area contributed by atoms with E-state index in [0.29, 0.717) is 13.2 Å². The van der Waals surface area contributed by atoms with Gasteiger partial charge in [-0.15, -0.1) is 0 Å². The second-order valence-electron chi connectivity index (χ2n) is 7.43. The standard InChI is InChI=1S/C21H30N4O3/c1-16(2)25(14-20-22-11-12-24(20)3)21(26)23-17-7-9-18(10-8-17)28-15-19-6-4-5-13-27-19/h7-12,16,19H,4-6,13-15H2,1-3H3,(H,23,26)/t19-/m1/s1. The number of ether oxygens (including phenoxy) is 2. The zero-order valence-electron chi connectivity index (χ0n) is 16.9. The van der Waals surface area contributed by atoms with E-state index >= 15 is 0 Å². The average molecular weight is 386 g/mol. The Morgan fingerprint density at radius 1 is 1.36 bits per heavy atom. The summed E-state index contributed by atoms with van der Waals surface area (Å²) in [6, 6.07) is 7.35. The summed E-state index contributed by atoms with van der Waals surface area (Å²) in [5, 5.41) is 2.96. The van der Waals surface area contributed by atoms with E-state index in [1.165, 1.54) is 6.42 Å². The van der Waals surface area contributed by atoms with E-state index in [0.717, 1.165) is 36.7 Å². The minimum absolute atomic E-state index is 0.0507. The summed E-state index contributed by atoms with van der Waals surface area (Å²) in [5.41, 5.74) is 0.733. The van der Waals surface area contributed by atoms with Crippen LogP contribution in [-0.4, -0.2) is 45.8 Å². The van der Waals surface area contributed by atoms with Crippen molar-refractivity contribution >= 4 is 11.7 Å². The summed E-state index contributed by atoms with van der Waals surface area (Å²) in [6.07, 6.45) is 7.18. The smallest absolute Gasteiger partial charge is 0.322 e. The van der Waals surface area contributed by atoms with Gasteiger partial charge in [-0.05, 0) is 57.4 Å². The number of aryl methyl sites for hydroxylation is 1. The number of imidazole rings is 1. The van der Waals surface area contributed by atoms with Crippen LogP contribution in [0.3, 0.4) is 0 Å². The SMILES string of the molecule is CC(C)N(Cc1nccn1C)C(=O)Nc1ccc(OC[C@H]2CCCCO2)cc1. The van der Waals surface area contributed by atoms with E-state index in [-0.39, 0.29) is 18.2 Å². The highest BCUT2D eigenvalue weighted by Gasteiger charge is 2.19. The highest BCUT2D eigenvalue weighted by molar-refractivity contribution is 5.89. The molecule has 0 aliphatic carbocycles. The van der Waals surface area contributed by atoms with Gasteiger partial charge >= 0.3 is 6.03 Å². The molecule has 28 heavy (non-hydrogen) atoms. The molecule has 2 heterocycles. The van der Waals surface area contributed by atoms with E-state index in [4.69, 9.17) is 9.47 Å². The zero-order valence-corrected chi connectivity index (χ0v) is 16.9. The molecule has 152 valence electrons. The lowest BCUT2D eigenvalue weighted by atomic mass is 10.1. The van der Waals surface area contributed by atoms with Crippen molar-refractivity contribution in [2.75, 3.05) is 18.5 Å². The van der Waals surface area contributed by atoms with Crippen molar-refractivity contribution in [3.63, 3.8) is 0 Å². The first-order valence-corrected chi connectivity index (χ1v) is 9.91. The second kappa shape index (κ2) is 9.59. The van der Waals surface area contributed by atoms with Crippen LogP contribution in [0.15, 0.2) is 36.7 Å². The molecule has 1 fully saturated rings. The van der Waals surface area contributed by atoms with Crippen LogP contribution in [0.4, 0.5) is 10.5 Å². The van der Waals surface area contributed by atoms with Gasteiger partial charge in [-0.2, -0.15) is 0 Å². The van der Waals surface area contributed by atoms with Crippen LogP contribution < -0.4 is 10.1 Å². The lowest BCUT2D eigenvalue weighted by Crippen LogP contribution is -2.40. The first-order chi connectivity index (χ1) is 13.5. The van der Waals surface area contributed by atoms with Crippen molar-refractivity contribution in [1.82, 2.24) is 14.5 Å². The number of amides is 2. The molecule has 3 rings (SSSR count). The number of aromatic nitrogens is 2. The number of carbonyl (C=O) groups is 1. The van der Waals surface area contributed by atoms with Gasteiger partial charge in [0.05, 0.1) is 12.6 Å². The van der Waals surface area contributed by atoms with Crippen LogP contribution in [0.2, 0.25) is 0 Å². The molecule has 2 aromatic rings. The van der Waals surface area contributed by atoms with Crippen LogP contribution in [0.5, 0.6) is 5.75 Å². The zero-order chi connectivity index (χ0) is 19.9. The fraction of sp³-hybridized carbons (Fsp3) is 0.524. The van der Waals surface area contributed by atoms with Crippen molar-refractivity contribution in [2.45, 2.75) is 51.8 Å². The van der Waals surface area contributed by atoms with Gasteiger partial charge in [-0.25, -0.2) is 9.78 Å². The number of hydrogen-bond acceptors (Lipinski definition) is 4. The Morgan fingerprint density at radius 2 is 2.14 bits per heavy atom. The second-order valence-corrected chi connectivity index (χ2v) is 7.43. The Balaban J connectivity index is 1.54. The van der Waals surface area contributed by atoms with Crippen LogP contribution in [0.25, 0.3) is 0 Å². The summed E-state index contributed by atoms with van der Waals surface area (Å²) in [7, 11) is 1.93. The number of benzene rings is 1. The first-order valence-electron chi connectivity index (χ1n) is 9.91. The molecule has 1 saturated heterocycles. The van der Waals surface area contributed by atoms with Gasteiger partial charge in [-0.3, -0.25) is 0 Å². The maximum atomic E-state index is 12.7. The van der Waals surface area contributed by atoms with Crippen molar-refractivity contribution in [3.05, 3.63) is 42.5 Å². The maximum Gasteiger partial charge on any atom is 0.322 e. The molecule has 0 spiro atoms. The molecule has 0 bridgehead atoms. The fourth-order valence-electron chi connectivity index (χ4n) is 3.15. The fourth-order valence-corrected chi connectivity index (χ4v) is 3.15. The van der Waals surface area contributed by atoms with Gasteiger partial charge in [0.1, 0.15) is 18.2 Å². The molecule has 1 aliphatic rings. The molecule has 1 aliphatic heterocycles. The molecular formula is C21H30N4O3. The molecule has 0 saturated carbocycles. The van der Waals surface area contributed by atoms with E-state index in [2.05, 4.69) is 10.3 Å². The predicted molar refractivity (Wildman–Crippen MR) is 108 cm³/mol. The van der Waals surface area contributed by atoms with Gasteiger partial charge in [0.25, 0.3) is 0 Å². The van der Waals surface area contributed by atoms with Gasteiger partial charge < -0.3 is 24.3 Å².